The Bertz CT molecular complexity index is 1060. The number of benzene rings is 1. The molecule has 0 aliphatic heterocycles. The Morgan fingerprint density at radius 1 is 1.10 bits per heavy atom. The zero-order chi connectivity index (χ0) is 21.7. The minimum atomic E-state index is -0.470. The molecular weight excluding hydrogens is 381 g/mol. The van der Waals surface area contributed by atoms with E-state index in [4.69, 9.17) is 0 Å². The first-order chi connectivity index (χ1) is 14.4. The van der Waals surface area contributed by atoms with Crippen LogP contribution in [0.5, 0.6) is 0 Å². The molecule has 154 valence electrons. The Balaban J connectivity index is 1.71. The minimum absolute atomic E-state index is 0.0205. The SMILES string of the molecule is CCC(=O)N(C)c1ccc(-c2ccc(C(=O)CCc3cccnc3C)cn2)c(F)c1. The van der Waals surface area contributed by atoms with Gasteiger partial charge in [-0.25, -0.2) is 4.39 Å². The molecule has 0 fully saturated rings. The predicted molar refractivity (Wildman–Crippen MR) is 115 cm³/mol. The summed E-state index contributed by atoms with van der Waals surface area (Å²) in [5.74, 6) is -0.584. The van der Waals surface area contributed by atoms with Crippen molar-refractivity contribution < 1.29 is 14.0 Å². The largest absolute Gasteiger partial charge is 0.315 e. The van der Waals surface area contributed by atoms with E-state index in [1.807, 2.05) is 19.1 Å². The van der Waals surface area contributed by atoms with Gasteiger partial charge in [-0.15, -0.1) is 0 Å². The molecule has 2 aromatic heterocycles. The lowest BCUT2D eigenvalue weighted by Gasteiger charge is -2.17. The summed E-state index contributed by atoms with van der Waals surface area (Å²) in [6.07, 6.45) is 4.52. The first-order valence-electron chi connectivity index (χ1n) is 9.87. The van der Waals surface area contributed by atoms with Gasteiger partial charge in [0.2, 0.25) is 5.91 Å². The number of carbonyl (C=O) groups excluding carboxylic acids is 2. The maximum Gasteiger partial charge on any atom is 0.226 e. The number of pyridine rings is 2. The molecule has 5 nitrogen and oxygen atoms in total. The summed E-state index contributed by atoms with van der Waals surface area (Å²) in [6.45, 7) is 3.68. The molecule has 0 N–H and O–H groups in total. The van der Waals surface area contributed by atoms with Crippen molar-refractivity contribution in [2.45, 2.75) is 33.1 Å². The van der Waals surface area contributed by atoms with E-state index in [-0.39, 0.29) is 11.7 Å². The van der Waals surface area contributed by atoms with E-state index in [9.17, 15) is 14.0 Å². The topological polar surface area (TPSA) is 63.2 Å². The van der Waals surface area contributed by atoms with Gasteiger partial charge >= 0.3 is 0 Å². The predicted octanol–water partition coefficient (Wildman–Crippen LogP) is 4.78. The molecule has 6 heteroatoms. The molecule has 0 aliphatic carbocycles. The molecule has 2 heterocycles. The van der Waals surface area contributed by atoms with Crippen molar-refractivity contribution in [1.82, 2.24) is 9.97 Å². The smallest absolute Gasteiger partial charge is 0.226 e. The maximum atomic E-state index is 14.6. The monoisotopic (exact) mass is 405 g/mol. The van der Waals surface area contributed by atoms with Crippen LogP contribution in [0.15, 0.2) is 54.9 Å². The van der Waals surface area contributed by atoms with E-state index in [0.29, 0.717) is 41.8 Å². The molecule has 0 saturated heterocycles. The Hall–Kier alpha value is -3.41. The molecule has 0 saturated carbocycles. The van der Waals surface area contributed by atoms with Gasteiger partial charge in [0.05, 0.1) is 5.69 Å². The third-order valence-electron chi connectivity index (χ3n) is 5.12. The number of hydrogen-bond donors (Lipinski definition) is 0. The number of rotatable bonds is 7. The second-order valence-electron chi connectivity index (χ2n) is 7.07. The van der Waals surface area contributed by atoms with E-state index in [0.717, 1.165) is 11.3 Å². The van der Waals surface area contributed by atoms with Crippen LogP contribution in [0.1, 0.15) is 41.4 Å². The normalized spacial score (nSPS) is 10.7. The van der Waals surface area contributed by atoms with Gasteiger partial charge in [0, 0.05) is 54.8 Å². The van der Waals surface area contributed by atoms with Gasteiger partial charge in [-0.3, -0.25) is 19.6 Å². The maximum absolute atomic E-state index is 14.6. The molecule has 0 spiro atoms. The van der Waals surface area contributed by atoms with Gasteiger partial charge in [0.15, 0.2) is 5.78 Å². The van der Waals surface area contributed by atoms with Crippen LogP contribution in [0.25, 0.3) is 11.3 Å². The molecule has 1 aromatic carbocycles. The zero-order valence-electron chi connectivity index (χ0n) is 17.4. The number of hydrogen-bond acceptors (Lipinski definition) is 4. The van der Waals surface area contributed by atoms with E-state index in [2.05, 4.69) is 9.97 Å². The number of ketones is 1. The van der Waals surface area contributed by atoms with Crippen molar-refractivity contribution in [1.29, 1.82) is 0 Å². The Morgan fingerprint density at radius 2 is 1.90 bits per heavy atom. The molecule has 0 unspecified atom stereocenters. The van der Waals surface area contributed by atoms with E-state index in [1.54, 1.807) is 44.4 Å². The lowest BCUT2D eigenvalue weighted by Crippen LogP contribution is -2.25. The van der Waals surface area contributed by atoms with Crippen molar-refractivity contribution in [3.8, 4) is 11.3 Å². The van der Waals surface area contributed by atoms with Crippen molar-refractivity contribution in [3.05, 3.63) is 77.5 Å². The highest BCUT2D eigenvalue weighted by molar-refractivity contribution is 5.96. The van der Waals surface area contributed by atoms with Gasteiger partial charge in [0.25, 0.3) is 0 Å². The number of Topliss-reactive ketones (excluding diaryl/α,β-unsaturated/α-hetero) is 1. The van der Waals surface area contributed by atoms with Gasteiger partial charge in [-0.2, -0.15) is 0 Å². The van der Waals surface area contributed by atoms with Crippen LogP contribution in [0, 0.1) is 12.7 Å². The van der Waals surface area contributed by atoms with Crippen LogP contribution < -0.4 is 4.90 Å². The second kappa shape index (κ2) is 9.39. The molecule has 0 bridgehead atoms. The summed E-state index contributed by atoms with van der Waals surface area (Å²) in [5.41, 5.74) is 3.70. The second-order valence-corrected chi connectivity index (χ2v) is 7.07. The summed E-state index contributed by atoms with van der Waals surface area (Å²) >= 11 is 0. The van der Waals surface area contributed by atoms with Crippen molar-refractivity contribution in [2.75, 3.05) is 11.9 Å². The zero-order valence-corrected chi connectivity index (χ0v) is 17.4. The third kappa shape index (κ3) is 4.76. The van der Waals surface area contributed by atoms with E-state index >= 15 is 0 Å². The van der Waals surface area contributed by atoms with Crippen molar-refractivity contribution in [2.24, 2.45) is 0 Å². The van der Waals surface area contributed by atoms with Crippen LogP contribution in [-0.2, 0) is 11.2 Å². The fourth-order valence-electron chi connectivity index (χ4n) is 3.19. The number of anilines is 1. The van der Waals surface area contributed by atoms with E-state index in [1.165, 1.54) is 17.2 Å². The average molecular weight is 405 g/mol. The molecule has 3 rings (SSSR count). The molecule has 1 amide bonds. The molecule has 0 aliphatic rings. The fourth-order valence-corrected chi connectivity index (χ4v) is 3.19. The number of halogens is 1. The number of carbonyl (C=O) groups is 2. The van der Waals surface area contributed by atoms with Gasteiger partial charge < -0.3 is 4.90 Å². The van der Waals surface area contributed by atoms with Crippen LogP contribution in [0.3, 0.4) is 0 Å². The van der Waals surface area contributed by atoms with Crippen LogP contribution in [0.4, 0.5) is 10.1 Å². The first kappa shape index (κ1) is 21.3. The Labute approximate surface area is 175 Å². The van der Waals surface area contributed by atoms with Crippen molar-refractivity contribution >= 4 is 17.4 Å². The molecule has 3 aromatic rings. The van der Waals surface area contributed by atoms with Gasteiger partial charge in [-0.05, 0) is 55.3 Å². The number of nitrogens with zero attached hydrogens (tertiary/aromatic N) is 3. The summed E-state index contributed by atoms with van der Waals surface area (Å²) < 4.78 is 14.6. The lowest BCUT2D eigenvalue weighted by atomic mass is 10.0. The average Bonchev–Trinajstić information content (AvgIpc) is 2.77. The Kier molecular flexibility index (Phi) is 6.67. The number of aryl methyl sites for hydroxylation is 2. The number of aromatic nitrogens is 2. The van der Waals surface area contributed by atoms with Crippen LogP contribution in [0.2, 0.25) is 0 Å². The molecule has 0 atom stereocenters. The quantitative estimate of drug-likeness (QED) is 0.531. The molecular formula is C24H24FN3O2. The summed E-state index contributed by atoms with van der Waals surface area (Å²) in [7, 11) is 1.62. The number of amides is 1. The lowest BCUT2D eigenvalue weighted by molar-refractivity contribution is -0.118. The van der Waals surface area contributed by atoms with Crippen LogP contribution in [-0.4, -0.2) is 28.7 Å². The third-order valence-corrected chi connectivity index (χ3v) is 5.12. The molecule has 30 heavy (non-hydrogen) atoms. The van der Waals surface area contributed by atoms with Crippen molar-refractivity contribution in [3.63, 3.8) is 0 Å². The summed E-state index contributed by atoms with van der Waals surface area (Å²) in [4.78, 5) is 34.2. The molecule has 0 radical (unpaired) electrons. The summed E-state index contributed by atoms with van der Waals surface area (Å²) in [6, 6.07) is 11.7. The van der Waals surface area contributed by atoms with Gasteiger partial charge in [0.1, 0.15) is 5.82 Å². The summed E-state index contributed by atoms with van der Waals surface area (Å²) in [5, 5.41) is 0. The van der Waals surface area contributed by atoms with Crippen LogP contribution >= 0.6 is 0 Å². The highest BCUT2D eigenvalue weighted by Gasteiger charge is 2.14. The fraction of sp³-hybridized carbons (Fsp3) is 0.250. The standard InChI is InChI=1S/C24H24FN3O2/c1-4-24(30)28(3)19-9-10-20(21(25)14-19)22-11-7-18(15-27-22)23(29)12-8-17-6-5-13-26-16(17)2/h5-7,9-11,13-15H,4,8,12H2,1-3H3. The minimum Gasteiger partial charge on any atom is -0.315 e. The Morgan fingerprint density at radius 3 is 2.53 bits per heavy atom. The van der Waals surface area contributed by atoms with Gasteiger partial charge in [-0.1, -0.05) is 13.0 Å². The highest BCUT2D eigenvalue weighted by Crippen LogP contribution is 2.26. The highest BCUT2D eigenvalue weighted by atomic mass is 19.1. The first-order valence-corrected chi connectivity index (χ1v) is 9.87. The van der Waals surface area contributed by atoms with E-state index < -0.39 is 5.82 Å².